The largest absolute Gasteiger partial charge is 0.379 e. The average molecular weight is 494 g/mol. The Hall–Kier alpha value is -2.00. The number of Topliss-reactive ketones (excluding diaryl/α,β-unsaturated/α-hetero) is 1. The number of sulfone groups is 1. The van der Waals surface area contributed by atoms with Gasteiger partial charge in [-0.2, -0.15) is 0 Å². The predicted octanol–water partition coefficient (Wildman–Crippen LogP) is 3.49. The molecule has 1 aromatic heterocycles. The Balaban J connectivity index is 0.00000306. The lowest BCUT2D eigenvalue weighted by atomic mass is 9.87. The first-order valence-corrected chi connectivity index (χ1v) is 13.2. The van der Waals surface area contributed by atoms with E-state index in [-0.39, 0.29) is 35.5 Å². The smallest absolute Gasteiger partial charge is 0.225 e. The normalized spacial score (nSPS) is 17.3. The second-order valence-corrected chi connectivity index (χ2v) is 10.6. The van der Waals surface area contributed by atoms with Crippen LogP contribution in [0, 0.1) is 0 Å². The van der Waals surface area contributed by atoms with Crippen molar-refractivity contribution in [1.82, 2.24) is 14.9 Å². The van der Waals surface area contributed by atoms with Crippen LogP contribution in [0.1, 0.15) is 52.9 Å². The lowest BCUT2D eigenvalue weighted by Gasteiger charge is -2.26. The molecular formula is C24H32ClN3O4S. The first kappa shape index (κ1) is 25.6. The molecule has 1 fully saturated rings. The van der Waals surface area contributed by atoms with Crippen LogP contribution in [-0.2, 0) is 27.4 Å². The predicted molar refractivity (Wildman–Crippen MR) is 131 cm³/mol. The van der Waals surface area contributed by atoms with Crippen LogP contribution in [0.25, 0.3) is 5.57 Å². The lowest BCUT2D eigenvalue weighted by molar-refractivity contribution is 0.0384. The monoisotopic (exact) mass is 493 g/mol. The van der Waals surface area contributed by atoms with Gasteiger partial charge in [0.1, 0.15) is 5.69 Å². The Labute approximate surface area is 202 Å². The number of hydrogen-bond donors (Lipinski definition) is 1. The molecule has 1 aliphatic carbocycles. The van der Waals surface area contributed by atoms with Gasteiger partial charge in [0, 0.05) is 32.3 Å². The first-order chi connectivity index (χ1) is 15.4. The zero-order valence-corrected chi connectivity index (χ0v) is 20.6. The minimum Gasteiger partial charge on any atom is -0.379 e. The van der Waals surface area contributed by atoms with Crippen LogP contribution in [0.3, 0.4) is 0 Å². The summed E-state index contributed by atoms with van der Waals surface area (Å²) in [6, 6.07) is 6.42. The van der Waals surface area contributed by atoms with Crippen LogP contribution in [0.5, 0.6) is 0 Å². The Morgan fingerprint density at radius 1 is 1.21 bits per heavy atom. The zero-order valence-electron chi connectivity index (χ0n) is 19.0. The number of H-pyrrole nitrogens is 1. The number of nitrogens with one attached hydrogen (secondary N) is 1. The van der Waals surface area contributed by atoms with Gasteiger partial charge in [0.05, 0.1) is 19.4 Å². The number of carbonyl (C=O) groups excluding carboxylic acids is 1. The number of nitrogens with zero attached hydrogens (tertiary/aromatic N) is 2. The topological polar surface area (TPSA) is 92.4 Å². The molecule has 1 aliphatic heterocycles. The van der Waals surface area contributed by atoms with Crippen molar-refractivity contribution < 1.29 is 17.9 Å². The van der Waals surface area contributed by atoms with Crippen molar-refractivity contribution in [3.63, 3.8) is 0 Å². The SMILES string of the molecule is CS(=O)(=O)c1ncc(C(=O)Cc2ccc(CCN3CCOCC3)cc2C2=CCCCC2)[nH]1.Cl. The third-order valence-electron chi connectivity index (χ3n) is 6.19. The summed E-state index contributed by atoms with van der Waals surface area (Å²) in [5.41, 5.74) is 4.95. The molecule has 1 saturated heterocycles. The van der Waals surface area contributed by atoms with Gasteiger partial charge in [0.25, 0.3) is 0 Å². The maximum absolute atomic E-state index is 12.9. The summed E-state index contributed by atoms with van der Waals surface area (Å²) in [7, 11) is -3.47. The van der Waals surface area contributed by atoms with Crippen molar-refractivity contribution in [3.05, 3.63) is 52.9 Å². The van der Waals surface area contributed by atoms with E-state index < -0.39 is 9.84 Å². The van der Waals surface area contributed by atoms with Crippen LogP contribution in [0.4, 0.5) is 0 Å². The van der Waals surface area contributed by atoms with Gasteiger partial charge >= 0.3 is 0 Å². The molecular weight excluding hydrogens is 462 g/mol. The second kappa shape index (κ2) is 11.4. The van der Waals surface area contributed by atoms with E-state index in [1.165, 1.54) is 23.8 Å². The van der Waals surface area contributed by atoms with Crippen molar-refractivity contribution in [2.45, 2.75) is 43.7 Å². The summed E-state index contributed by atoms with van der Waals surface area (Å²) in [5, 5.41) is -0.172. The maximum atomic E-state index is 12.9. The number of benzene rings is 1. The van der Waals surface area contributed by atoms with Gasteiger partial charge in [-0.05, 0) is 54.4 Å². The molecule has 1 aromatic carbocycles. The Morgan fingerprint density at radius 3 is 2.67 bits per heavy atom. The fourth-order valence-corrected chi connectivity index (χ4v) is 4.87. The fourth-order valence-electron chi connectivity index (χ4n) is 4.33. The second-order valence-electron chi connectivity index (χ2n) is 8.64. The molecule has 0 amide bonds. The molecule has 0 unspecified atom stereocenters. The molecule has 9 heteroatoms. The molecule has 2 aliphatic rings. The van der Waals surface area contributed by atoms with E-state index in [2.05, 4.69) is 39.1 Å². The Kier molecular flexibility index (Phi) is 8.87. The highest BCUT2D eigenvalue weighted by Gasteiger charge is 2.19. The van der Waals surface area contributed by atoms with Gasteiger partial charge < -0.3 is 9.72 Å². The van der Waals surface area contributed by atoms with Crippen LogP contribution < -0.4 is 0 Å². The number of ketones is 1. The van der Waals surface area contributed by atoms with E-state index in [1.807, 2.05) is 0 Å². The Bertz CT molecular complexity index is 1100. The number of ether oxygens (including phenoxy) is 1. The summed E-state index contributed by atoms with van der Waals surface area (Å²) in [5.74, 6) is -0.161. The van der Waals surface area contributed by atoms with E-state index in [1.54, 1.807) is 0 Å². The molecule has 2 aromatic rings. The van der Waals surface area contributed by atoms with E-state index in [0.717, 1.165) is 75.9 Å². The van der Waals surface area contributed by atoms with Crippen molar-refractivity contribution in [1.29, 1.82) is 0 Å². The molecule has 180 valence electrons. The summed E-state index contributed by atoms with van der Waals surface area (Å²) >= 11 is 0. The molecule has 1 N–H and O–H groups in total. The summed E-state index contributed by atoms with van der Waals surface area (Å²) < 4.78 is 28.8. The highest BCUT2D eigenvalue weighted by molar-refractivity contribution is 7.90. The molecule has 0 saturated carbocycles. The number of carbonyl (C=O) groups is 1. The summed E-state index contributed by atoms with van der Waals surface area (Å²) in [6.45, 7) is 4.55. The molecule has 7 nitrogen and oxygen atoms in total. The number of rotatable bonds is 8. The molecule has 33 heavy (non-hydrogen) atoms. The third kappa shape index (κ3) is 6.76. The van der Waals surface area contributed by atoms with Gasteiger partial charge in [-0.25, -0.2) is 13.4 Å². The standard InChI is InChI=1S/C24H31N3O4S.ClH/c1-32(29,30)24-25-17-22(26-24)23(28)16-20-8-7-18(9-10-27-11-13-31-14-12-27)15-21(20)19-5-3-2-4-6-19;/h5,7-8,15,17H,2-4,6,9-14,16H2,1H3,(H,25,26);1H. The van der Waals surface area contributed by atoms with Crippen molar-refractivity contribution in [2.75, 3.05) is 39.1 Å². The first-order valence-electron chi connectivity index (χ1n) is 11.3. The van der Waals surface area contributed by atoms with Crippen molar-refractivity contribution in [3.8, 4) is 0 Å². The molecule has 0 radical (unpaired) electrons. The number of aromatic nitrogens is 2. The number of morpholine rings is 1. The number of hydrogen-bond acceptors (Lipinski definition) is 6. The van der Waals surface area contributed by atoms with Crippen LogP contribution in [0.15, 0.2) is 35.6 Å². The van der Waals surface area contributed by atoms with E-state index in [4.69, 9.17) is 4.74 Å². The van der Waals surface area contributed by atoms with E-state index in [0.29, 0.717) is 0 Å². The van der Waals surface area contributed by atoms with Crippen LogP contribution >= 0.6 is 12.4 Å². The average Bonchev–Trinajstić information content (AvgIpc) is 3.31. The van der Waals surface area contributed by atoms with Crippen molar-refractivity contribution >= 4 is 33.6 Å². The van der Waals surface area contributed by atoms with Gasteiger partial charge in [-0.3, -0.25) is 9.69 Å². The number of imidazole rings is 1. The maximum Gasteiger partial charge on any atom is 0.225 e. The summed E-state index contributed by atoms with van der Waals surface area (Å²) in [6.07, 6.45) is 10.3. The molecule has 0 bridgehead atoms. The number of aromatic amines is 1. The molecule has 2 heterocycles. The zero-order chi connectivity index (χ0) is 22.6. The molecule has 0 atom stereocenters. The van der Waals surface area contributed by atoms with Gasteiger partial charge in [0.15, 0.2) is 5.78 Å². The highest BCUT2D eigenvalue weighted by atomic mass is 35.5. The van der Waals surface area contributed by atoms with Gasteiger partial charge in [-0.15, -0.1) is 12.4 Å². The highest BCUT2D eigenvalue weighted by Crippen LogP contribution is 2.31. The molecule has 4 rings (SSSR count). The van der Waals surface area contributed by atoms with Gasteiger partial charge in [0.2, 0.25) is 15.0 Å². The van der Waals surface area contributed by atoms with Gasteiger partial charge in [-0.1, -0.05) is 24.3 Å². The number of allylic oxidation sites excluding steroid dienone is 2. The lowest BCUT2D eigenvalue weighted by Crippen LogP contribution is -2.37. The third-order valence-corrected chi connectivity index (χ3v) is 7.10. The van der Waals surface area contributed by atoms with Crippen LogP contribution in [0.2, 0.25) is 0 Å². The minimum absolute atomic E-state index is 0. The van der Waals surface area contributed by atoms with Crippen LogP contribution in [-0.4, -0.2) is 68.2 Å². The molecule has 0 spiro atoms. The van der Waals surface area contributed by atoms with E-state index in [9.17, 15) is 13.2 Å². The fraction of sp³-hybridized carbons (Fsp3) is 0.500. The quantitative estimate of drug-likeness (QED) is 0.566. The minimum atomic E-state index is -3.47. The van der Waals surface area contributed by atoms with E-state index >= 15 is 0 Å². The Morgan fingerprint density at radius 2 is 2.00 bits per heavy atom. The van der Waals surface area contributed by atoms with Crippen molar-refractivity contribution in [2.24, 2.45) is 0 Å². The number of halogens is 1. The summed E-state index contributed by atoms with van der Waals surface area (Å²) in [4.78, 5) is 21.8.